The molecule has 2 aromatic rings. The summed E-state index contributed by atoms with van der Waals surface area (Å²) in [6, 6.07) is 12.3. The van der Waals surface area contributed by atoms with Crippen molar-refractivity contribution in [2.75, 3.05) is 38.7 Å². The normalized spacial score (nSPS) is 14.8. The second-order valence-corrected chi connectivity index (χ2v) is 8.72. The monoisotopic (exact) mass is 420 g/mol. The Morgan fingerprint density at radius 1 is 1.06 bits per heavy atom. The number of nitrogens with zero attached hydrogens (tertiary/aromatic N) is 2. The van der Waals surface area contributed by atoms with E-state index in [0.29, 0.717) is 12.8 Å². The Hall–Kier alpha value is -2.66. The van der Waals surface area contributed by atoms with E-state index in [9.17, 15) is 9.59 Å². The number of carbonyl (C=O) groups is 2. The second-order valence-electron chi connectivity index (χ2n) is 8.72. The van der Waals surface area contributed by atoms with Gasteiger partial charge in [-0.25, -0.2) is 0 Å². The maximum absolute atomic E-state index is 12.8. The highest BCUT2D eigenvalue weighted by molar-refractivity contribution is 6.02. The van der Waals surface area contributed by atoms with Gasteiger partial charge in [0.05, 0.1) is 12.8 Å². The molecule has 0 fully saturated rings. The summed E-state index contributed by atoms with van der Waals surface area (Å²) >= 11 is 0. The van der Waals surface area contributed by atoms with E-state index >= 15 is 0 Å². The first-order valence-corrected chi connectivity index (χ1v) is 11.4. The fraction of sp³-hybridized carbons (Fsp3) is 0.462. The number of amides is 1. The third-order valence-corrected chi connectivity index (χ3v) is 6.48. The molecule has 2 aromatic carbocycles. The number of rotatable bonds is 10. The first-order chi connectivity index (χ1) is 15.0. The minimum absolute atomic E-state index is 0.223. The molecule has 5 nitrogen and oxygen atoms in total. The number of methoxy groups -OCH3 is 1. The molecule has 0 unspecified atom stereocenters. The van der Waals surface area contributed by atoms with Crippen LogP contribution in [0.1, 0.15) is 52.7 Å². The molecule has 2 heterocycles. The van der Waals surface area contributed by atoms with Gasteiger partial charge in [-0.3, -0.25) is 9.59 Å². The second kappa shape index (κ2) is 9.65. The van der Waals surface area contributed by atoms with Gasteiger partial charge >= 0.3 is 0 Å². The van der Waals surface area contributed by atoms with E-state index < -0.39 is 0 Å². The lowest BCUT2D eigenvalue weighted by Crippen LogP contribution is -2.32. The Morgan fingerprint density at radius 3 is 2.68 bits per heavy atom. The molecule has 0 saturated carbocycles. The fourth-order valence-corrected chi connectivity index (χ4v) is 4.69. The van der Waals surface area contributed by atoms with E-state index in [2.05, 4.69) is 24.1 Å². The third-order valence-electron chi connectivity index (χ3n) is 6.48. The Kier molecular flexibility index (Phi) is 6.71. The highest BCUT2D eigenvalue weighted by atomic mass is 16.5. The molecule has 0 saturated heterocycles. The molecule has 4 rings (SSSR count). The van der Waals surface area contributed by atoms with Crippen molar-refractivity contribution < 1.29 is 14.3 Å². The van der Waals surface area contributed by atoms with Gasteiger partial charge in [0.25, 0.3) is 0 Å². The molecule has 31 heavy (non-hydrogen) atoms. The molecule has 5 heteroatoms. The number of Topliss-reactive ketones (excluding diaryl/α,β-unsaturated/α-hetero) is 1. The SMILES string of the molecule is COc1cccc(CCN(C)CCCCC(=O)c2cc3c4c(c2)CCN4C(=O)CC3)c1. The van der Waals surface area contributed by atoms with Crippen LogP contribution < -0.4 is 9.64 Å². The predicted octanol–water partition coefficient (Wildman–Crippen LogP) is 4.06. The first kappa shape index (κ1) is 21.6. The lowest BCUT2D eigenvalue weighted by atomic mass is 9.94. The summed E-state index contributed by atoms with van der Waals surface area (Å²) in [5.41, 5.74) is 5.55. The molecule has 1 amide bonds. The smallest absolute Gasteiger partial charge is 0.227 e. The molecule has 0 N–H and O–H groups in total. The molecule has 0 aliphatic carbocycles. The van der Waals surface area contributed by atoms with Crippen LogP contribution in [0.2, 0.25) is 0 Å². The minimum atomic E-state index is 0.223. The number of aryl methyl sites for hydroxylation is 1. The van der Waals surface area contributed by atoms with Gasteiger partial charge in [-0.1, -0.05) is 12.1 Å². The zero-order valence-corrected chi connectivity index (χ0v) is 18.7. The molecular formula is C26H32N2O3. The molecule has 0 atom stereocenters. The quantitative estimate of drug-likeness (QED) is 0.430. The van der Waals surface area contributed by atoms with E-state index in [1.54, 1.807) is 7.11 Å². The van der Waals surface area contributed by atoms with Crippen LogP contribution in [-0.2, 0) is 24.1 Å². The van der Waals surface area contributed by atoms with Crippen LogP contribution in [0.3, 0.4) is 0 Å². The van der Waals surface area contributed by atoms with Gasteiger partial charge in [-0.05, 0) is 86.7 Å². The van der Waals surface area contributed by atoms with Gasteiger partial charge in [-0.2, -0.15) is 0 Å². The topological polar surface area (TPSA) is 49.9 Å². The van der Waals surface area contributed by atoms with Crippen LogP contribution in [-0.4, -0.2) is 50.4 Å². The van der Waals surface area contributed by atoms with Gasteiger partial charge in [0.15, 0.2) is 5.78 Å². The Morgan fingerprint density at radius 2 is 1.87 bits per heavy atom. The Labute approximate surface area is 185 Å². The van der Waals surface area contributed by atoms with E-state index in [1.807, 2.05) is 29.2 Å². The van der Waals surface area contributed by atoms with Crippen molar-refractivity contribution in [3.63, 3.8) is 0 Å². The summed E-state index contributed by atoms with van der Waals surface area (Å²) < 4.78 is 5.29. The number of ether oxygens (including phenoxy) is 1. The van der Waals surface area contributed by atoms with Crippen LogP contribution in [0.15, 0.2) is 36.4 Å². The number of ketones is 1. The number of hydrogen-bond acceptors (Lipinski definition) is 4. The summed E-state index contributed by atoms with van der Waals surface area (Å²) in [5.74, 6) is 1.35. The highest BCUT2D eigenvalue weighted by Gasteiger charge is 2.31. The average Bonchev–Trinajstić information content (AvgIpc) is 3.23. The molecule has 0 radical (unpaired) electrons. The molecule has 2 aliphatic heterocycles. The highest BCUT2D eigenvalue weighted by Crippen LogP contribution is 2.37. The number of benzene rings is 2. The molecule has 2 aliphatic rings. The molecule has 0 spiro atoms. The number of anilines is 1. The van der Waals surface area contributed by atoms with Crippen molar-refractivity contribution in [2.45, 2.75) is 44.9 Å². The maximum atomic E-state index is 12.8. The van der Waals surface area contributed by atoms with E-state index in [4.69, 9.17) is 4.74 Å². The van der Waals surface area contributed by atoms with Gasteiger partial charge in [-0.15, -0.1) is 0 Å². The lowest BCUT2D eigenvalue weighted by Gasteiger charge is -2.25. The molecule has 0 aromatic heterocycles. The molecule has 164 valence electrons. The van der Waals surface area contributed by atoms with Gasteiger partial charge < -0.3 is 14.5 Å². The van der Waals surface area contributed by atoms with Crippen molar-refractivity contribution in [3.8, 4) is 5.75 Å². The zero-order valence-electron chi connectivity index (χ0n) is 18.7. The Balaban J connectivity index is 1.22. The van der Waals surface area contributed by atoms with Crippen LogP contribution in [0.5, 0.6) is 5.75 Å². The van der Waals surface area contributed by atoms with Gasteiger partial charge in [0.2, 0.25) is 5.91 Å². The van der Waals surface area contributed by atoms with Gasteiger partial charge in [0.1, 0.15) is 5.75 Å². The number of unbranched alkanes of at least 4 members (excludes halogenated alkanes) is 1. The largest absolute Gasteiger partial charge is 0.497 e. The van der Waals surface area contributed by atoms with Crippen molar-refractivity contribution in [3.05, 3.63) is 58.7 Å². The Bertz CT molecular complexity index is 969. The molecule has 0 bridgehead atoms. The first-order valence-electron chi connectivity index (χ1n) is 11.4. The van der Waals surface area contributed by atoms with E-state index in [1.165, 1.54) is 16.7 Å². The summed E-state index contributed by atoms with van der Waals surface area (Å²) in [6.07, 6.45) is 5.69. The lowest BCUT2D eigenvalue weighted by molar-refractivity contribution is -0.118. The van der Waals surface area contributed by atoms with Crippen LogP contribution in [0.4, 0.5) is 5.69 Å². The standard InChI is InChI=1S/C26H32N2O3/c1-27(14-11-19-6-5-7-23(16-19)31-2)13-4-3-8-24(29)22-17-20-9-10-25(30)28-15-12-21(18-22)26(20)28/h5-7,16-18H,3-4,8-15H2,1-2H3. The van der Waals surface area contributed by atoms with Crippen LogP contribution in [0, 0.1) is 0 Å². The number of hydrogen-bond donors (Lipinski definition) is 0. The van der Waals surface area contributed by atoms with E-state index in [-0.39, 0.29) is 11.7 Å². The third kappa shape index (κ3) is 4.99. The van der Waals surface area contributed by atoms with Crippen LogP contribution >= 0.6 is 0 Å². The maximum Gasteiger partial charge on any atom is 0.227 e. The zero-order chi connectivity index (χ0) is 21.8. The average molecular weight is 421 g/mol. The summed E-state index contributed by atoms with van der Waals surface area (Å²) in [7, 11) is 3.83. The van der Waals surface area contributed by atoms with Crippen molar-refractivity contribution in [1.29, 1.82) is 0 Å². The van der Waals surface area contributed by atoms with Crippen LogP contribution in [0.25, 0.3) is 0 Å². The number of carbonyl (C=O) groups excluding carboxylic acids is 2. The number of likely N-dealkylation sites (N-methyl/N-ethyl adjacent to an activating group) is 1. The van der Waals surface area contributed by atoms with Gasteiger partial charge in [0, 0.05) is 31.5 Å². The van der Waals surface area contributed by atoms with Crippen molar-refractivity contribution in [1.82, 2.24) is 4.90 Å². The predicted molar refractivity (Wildman–Crippen MR) is 123 cm³/mol. The van der Waals surface area contributed by atoms with E-state index in [0.717, 1.165) is 68.7 Å². The minimum Gasteiger partial charge on any atom is -0.497 e. The van der Waals surface area contributed by atoms with Crippen molar-refractivity contribution >= 4 is 17.4 Å². The fourth-order valence-electron chi connectivity index (χ4n) is 4.69. The van der Waals surface area contributed by atoms with Crippen molar-refractivity contribution in [2.24, 2.45) is 0 Å². The summed E-state index contributed by atoms with van der Waals surface area (Å²) in [4.78, 5) is 29.1. The molecular weight excluding hydrogens is 388 g/mol. The summed E-state index contributed by atoms with van der Waals surface area (Å²) in [5, 5.41) is 0. The summed E-state index contributed by atoms with van der Waals surface area (Å²) in [6.45, 7) is 2.75.